The second kappa shape index (κ2) is 12.0. The highest BCUT2D eigenvalue weighted by Gasteiger charge is 2.28. The molecule has 0 fully saturated rings. The van der Waals surface area contributed by atoms with E-state index in [1.807, 2.05) is 6.07 Å². The van der Waals surface area contributed by atoms with Crippen LogP contribution in [0, 0.1) is 0 Å². The van der Waals surface area contributed by atoms with Crippen LogP contribution >= 0.6 is 23.2 Å². The fourth-order valence-corrected chi connectivity index (χ4v) is 4.97. The normalized spacial score (nSPS) is 11.6. The van der Waals surface area contributed by atoms with Crippen LogP contribution < -0.4 is 14.9 Å². The smallest absolute Gasteiger partial charge is 0.255 e. The molecule has 1 amide bonds. The molecule has 0 aromatic heterocycles. The summed E-state index contributed by atoms with van der Waals surface area (Å²) in [6, 6.07) is 18.0. The maximum Gasteiger partial charge on any atom is 0.255 e. The number of carbonyl (C=O) groups excluding carboxylic acids is 1. The number of ether oxygens (including phenoxy) is 2. The van der Waals surface area contributed by atoms with Crippen molar-refractivity contribution in [2.75, 3.05) is 20.8 Å². The van der Waals surface area contributed by atoms with Crippen molar-refractivity contribution in [1.29, 1.82) is 0 Å². The number of halogens is 2. The molecule has 8 nitrogen and oxygen atoms in total. The summed E-state index contributed by atoms with van der Waals surface area (Å²) in [5.41, 5.74) is 3.59. The Morgan fingerprint density at radius 3 is 2.37 bits per heavy atom. The van der Waals surface area contributed by atoms with Crippen LogP contribution in [0.2, 0.25) is 10.0 Å². The molecule has 0 aliphatic carbocycles. The van der Waals surface area contributed by atoms with Gasteiger partial charge in [-0.15, -0.1) is 0 Å². The minimum absolute atomic E-state index is 0.0301. The number of hydrogen-bond donors (Lipinski definition) is 1. The lowest BCUT2D eigenvalue weighted by atomic mass is 10.2. The Hall–Kier alpha value is -3.11. The number of hydrazone groups is 1. The number of sulfonamides is 1. The second-order valence-corrected chi connectivity index (χ2v) is 10.0. The number of methoxy groups -OCH3 is 2. The lowest BCUT2D eigenvalue weighted by Gasteiger charge is -2.22. The molecule has 3 rings (SSSR count). The lowest BCUT2D eigenvalue weighted by molar-refractivity contribution is -0.121. The lowest BCUT2D eigenvalue weighted by Crippen LogP contribution is -2.39. The van der Waals surface area contributed by atoms with Gasteiger partial charge in [0, 0.05) is 23.2 Å². The van der Waals surface area contributed by atoms with Gasteiger partial charge in [0.2, 0.25) is 10.0 Å². The number of rotatable bonds is 10. The van der Waals surface area contributed by atoms with Crippen molar-refractivity contribution in [2.24, 2.45) is 5.10 Å². The quantitative estimate of drug-likeness (QED) is 0.307. The molecule has 0 bridgehead atoms. The van der Waals surface area contributed by atoms with Gasteiger partial charge in [-0.3, -0.25) is 4.79 Å². The summed E-state index contributed by atoms with van der Waals surface area (Å²) in [5, 5.41) is 4.71. The molecule has 0 radical (unpaired) electrons. The molecule has 0 aliphatic rings. The zero-order chi connectivity index (χ0) is 25.4. The van der Waals surface area contributed by atoms with E-state index >= 15 is 0 Å². The molecule has 11 heteroatoms. The minimum atomic E-state index is -4.09. The van der Waals surface area contributed by atoms with Gasteiger partial charge in [0.05, 0.1) is 36.9 Å². The minimum Gasteiger partial charge on any atom is -0.493 e. The van der Waals surface area contributed by atoms with E-state index in [0.717, 1.165) is 4.31 Å². The SMILES string of the molecule is COc1ccc(S(=O)(=O)N(CC(=O)NN=Cc2ccc(Cl)cc2Cl)Cc2ccccc2)cc1OC. The number of hydrogen-bond acceptors (Lipinski definition) is 6. The predicted octanol–water partition coefficient (Wildman–Crippen LogP) is 4.35. The van der Waals surface area contributed by atoms with E-state index < -0.39 is 22.5 Å². The van der Waals surface area contributed by atoms with Gasteiger partial charge in [-0.05, 0) is 29.8 Å². The van der Waals surface area contributed by atoms with E-state index in [1.54, 1.807) is 42.5 Å². The number of carbonyl (C=O) groups is 1. The van der Waals surface area contributed by atoms with Crippen molar-refractivity contribution in [2.45, 2.75) is 11.4 Å². The molecule has 3 aromatic carbocycles. The first-order valence-electron chi connectivity index (χ1n) is 10.3. The van der Waals surface area contributed by atoms with Crippen LogP contribution in [0.3, 0.4) is 0 Å². The highest BCUT2D eigenvalue weighted by atomic mass is 35.5. The van der Waals surface area contributed by atoms with E-state index in [2.05, 4.69) is 10.5 Å². The van der Waals surface area contributed by atoms with Crippen LogP contribution in [-0.2, 0) is 21.4 Å². The van der Waals surface area contributed by atoms with E-state index in [0.29, 0.717) is 26.9 Å². The van der Waals surface area contributed by atoms with Crippen LogP contribution in [0.15, 0.2) is 76.7 Å². The monoisotopic (exact) mass is 535 g/mol. The molecule has 0 heterocycles. The number of nitrogens with zero attached hydrogens (tertiary/aromatic N) is 2. The van der Waals surface area contributed by atoms with E-state index in [1.165, 1.54) is 38.6 Å². The molecule has 35 heavy (non-hydrogen) atoms. The van der Waals surface area contributed by atoms with Crippen molar-refractivity contribution in [3.05, 3.63) is 87.9 Å². The van der Waals surface area contributed by atoms with Crippen LogP contribution in [-0.4, -0.2) is 45.6 Å². The summed E-state index contributed by atoms with van der Waals surface area (Å²) in [6.45, 7) is -0.505. The summed E-state index contributed by atoms with van der Waals surface area (Å²) >= 11 is 12.0. The molecule has 1 N–H and O–H groups in total. The average Bonchev–Trinajstić information content (AvgIpc) is 2.85. The van der Waals surface area contributed by atoms with Gasteiger partial charge in [-0.2, -0.15) is 9.41 Å². The number of nitrogens with one attached hydrogen (secondary N) is 1. The molecule has 3 aromatic rings. The first kappa shape index (κ1) is 26.5. The number of benzene rings is 3. The fraction of sp³-hybridized carbons (Fsp3) is 0.167. The van der Waals surface area contributed by atoms with Gasteiger partial charge in [0.1, 0.15) is 0 Å². The first-order chi connectivity index (χ1) is 16.7. The number of amides is 1. The molecule has 0 atom stereocenters. The molecule has 0 aliphatic heterocycles. The fourth-order valence-electron chi connectivity index (χ4n) is 3.11. The standard InChI is InChI=1S/C24H23Cl2N3O5S/c1-33-22-11-10-20(13-23(22)34-2)35(31,32)29(15-17-6-4-3-5-7-17)16-24(30)28-27-14-18-8-9-19(25)12-21(18)26/h3-14H,15-16H2,1-2H3,(H,28,30). The molecule has 0 saturated carbocycles. The Labute approximate surface area is 214 Å². The summed E-state index contributed by atoms with van der Waals surface area (Å²) in [5.74, 6) is 0.00227. The van der Waals surface area contributed by atoms with Crippen molar-refractivity contribution in [3.8, 4) is 11.5 Å². The summed E-state index contributed by atoms with van der Waals surface area (Å²) in [6.07, 6.45) is 1.35. The highest BCUT2D eigenvalue weighted by molar-refractivity contribution is 7.89. The Kier molecular flexibility index (Phi) is 9.11. The van der Waals surface area contributed by atoms with Crippen LogP contribution in [0.1, 0.15) is 11.1 Å². The van der Waals surface area contributed by atoms with Crippen molar-refractivity contribution in [1.82, 2.24) is 9.73 Å². The van der Waals surface area contributed by atoms with Crippen LogP contribution in [0.5, 0.6) is 11.5 Å². The van der Waals surface area contributed by atoms with Gasteiger partial charge in [0.15, 0.2) is 11.5 Å². The topological polar surface area (TPSA) is 97.3 Å². The average molecular weight is 536 g/mol. The highest BCUT2D eigenvalue weighted by Crippen LogP contribution is 2.31. The summed E-state index contributed by atoms with van der Waals surface area (Å²) < 4.78 is 38.5. The molecule has 184 valence electrons. The van der Waals surface area contributed by atoms with Gasteiger partial charge in [-0.1, -0.05) is 59.6 Å². The molecule has 0 spiro atoms. The molecule has 0 saturated heterocycles. The summed E-state index contributed by atoms with van der Waals surface area (Å²) in [7, 11) is -1.23. The third kappa shape index (κ3) is 6.95. The van der Waals surface area contributed by atoms with Gasteiger partial charge >= 0.3 is 0 Å². The van der Waals surface area contributed by atoms with Crippen molar-refractivity contribution in [3.63, 3.8) is 0 Å². The zero-order valence-corrected chi connectivity index (χ0v) is 21.3. The molecular weight excluding hydrogens is 513 g/mol. The Bertz CT molecular complexity index is 1320. The largest absolute Gasteiger partial charge is 0.493 e. The van der Waals surface area contributed by atoms with Crippen LogP contribution in [0.4, 0.5) is 0 Å². The van der Waals surface area contributed by atoms with Gasteiger partial charge in [0.25, 0.3) is 5.91 Å². The van der Waals surface area contributed by atoms with Crippen molar-refractivity contribution >= 4 is 45.3 Å². The third-order valence-electron chi connectivity index (χ3n) is 4.87. The van der Waals surface area contributed by atoms with E-state index in [4.69, 9.17) is 32.7 Å². The molecular formula is C24H23Cl2N3O5S. The first-order valence-corrected chi connectivity index (χ1v) is 12.5. The van der Waals surface area contributed by atoms with Crippen molar-refractivity contribution < 1.29 is 22.7 Å². The maximum absolute atomic E-state index is 13.5. The zero-order valence-electron chi connectivity index (χ0n) is 18.9. The second-order valence-electron chi connectivity index (χ2n) is 7.23. The summed E-state index contributed by atoms with van der Waals surface area (Å²) in [4.78, 5) is 12.6. The van der Waals surface area contributed by atoms with Gasteiger partial charge in [-0.25, -0.2) is 13.8 Å². The Morgan fingerprint density at radius 1 is 1.00 bits per heavy atom. The Morgan fingerprint density at radius 2 is 1.71 bits per heavy atom. The maximum atomic E-state index is 13.5. The van der Waals surface area contributed by atoms with Gasteiger partial charge < -0.3 is 9.47 Å². The Balaban J connectivity index is 1.84. The van der Waals surface area contributed by atoms with E-state index in [-0.39, 0.29) is 17.2 Å². The third-order valence-corrected chi connectivity index (χ3v) is 7.22. The van der Waals surface area contributed by atoms with E-state index in [9.17, 15) is 13.2 Å². The predicted molar refractivity (Wildman–Crippen MR) is 136 cm³/mol. The van der Waals surface area contributed by atoms with Crippen LogP contribution in [0.25, 0.3) is 0 Å². The molecule has 0 unspecified atom stereocenters.